The third-order valence-corrected chi connectivity index (χ3v) is 3.68. The van der Waals surface area contributed by atoms with E-state index < -0.39 is 5.60 Å². The Kier molecular flexibility index (Phi) is 4.58. The second kappa shape index (κ2) is 6.22. The molecule has 0 bridgehead atoms. The Bertz CT molecular complexity index is 633. The van der Waals surface area contributed by atoms with Gasteiger partial charge in [-0.1, -0.05) is 30.0 Å². The Hall–Kier alpha value is -1.94. The zero-order valence-corrected chi connectivity index (χ0v) is 13.2. The van der Waals surface area contributed by atoms with Crippen molar-refractivity contribution in [3.05, 3.63) is 54.1 Å². The smallest absolute Gasteiger partial charge is 0.339 e. The normalized spacial score (nSPS) is 11.2. The van der Waals surface area contributed by atoms with Crippen LogP contribution in [0.4, 0.5) is 5.69 Å². The zero-order chi connectivity index (χ0) is 15.5. The van der Waals surface area contributed by atoms with Crippen molar-refractivity contribution in [2.45, 2.75) is 36.2 Å². The molecule has 4 heteroatoms. The highest BCUT2D eigenvalue weighted by Crippen LogP contribution is 2.32. The molecule has 0 saturated heterocycles. The van der Waals surface area contributed by atoms with E-state index in [2.05, 4.69) is 0 Å². The lowest BCUT2D eigenvalue weighted by Gasteiger charge is -2.20. The third-order valence-electron chi connectivity index (χ3n) is 2.59. The number of hydrogen-bond donors (Lipinski definition) is 1. The summed E-state index contributed by atoms with van der Waals surface area (Å²) in [6.07, 6.45) is 0. The molecule has 0 amide bonds. The molecule has 21 heavy (non-hydrogen) atoms. The first-order valence-electron chi connectivity index (χ1n) is 6.71. The molecule has 0 aliphatic carbocycles. The molecule has 2 aromatic carbocycles. The van der Waals surface area contributed by atoms with Crippen molar-refractivity contribution in [1.29, 1.82) is 0 Å². The van der Waals surface area contributed by atoms with Crippen LogP contribution in [0.15, 0.2) is 58.3 Å². The van der Waals surface area contributed by atoms with Crippen LogP contribution in [0.1, 0.15) is 31.1 Å². The number of rotatable bonds is 3. The van der Waals surface area contributed by atoms with Crippen LogP contribution >= 0.6 is 11.8 Å². The standard InChI is InChI=1S/C17H19NO2S/c1-17(2,3)20-16(19)14-11-12(18)9-10-15(14)21-13-7-5-4-6-8-13/h4-11H,18H2,1-3H3. The maximum atomic E-state index is 12.3. The molecule has 0 aliphatic heterocycles. The van der Waals surface area contributed by atoms with Crippen molar-refractivity contribution in [2.24, 2.45) is 0 Å². The predicted octanol–water partition coefficient (Wildman–Crippen LogP) is 4.38. The number of esters is 1. The minimum absolute atomic E-state index is 0.353. The molecule has 0 aliphatic rings. The molecule has 0 saturated carbocycles. The summed E-state index contributed by atoms with van der Waals surface area (Å²) in [5, 5.41) is 0. The third kappa shape index (κ3) is 4.53. The molecule has 0 unspecified atom stereocenters. The van der Waals surface area contributed by atoms with Crippen LogP contribution in [0.5, 0.6) is 0 Å². The molecule has 2 aromatic rings. The van der Waals surface area contributed by atoms with Gasteiger partial charge in [-0.2, -0.15) is 0 Å². The van der Waals surface area contributed by atoms with Crippen LogP contribution < -0.4 is 5.73 Å². The van der Waals surface area contributed by atoms with E-state index >= 15 is 0 Å². The highest BCUT2D eigenvalue weighted by Gasteiger charge is 2.21. The van der Waals surface area contributed by atoms with Gasteiger partial charge < -0.3 is 10.5 Å². The number of hydrogen-bond acceptors (Lipinski definition) is 4. The number of ether oxygens (including phenoxy) is 1. The first kappa shape index (κ1) is 15.4. The van der Waals surface area contributed by atoms with E-state index in [1.54, 1.807) is 12.1 Å². The Morgan fingerprint density at radius 3 is 2.38 bits per heavy atom. The first-order valence-corrected chi connectivity index (χ1v) is 7.52. The number of nitrogens with two attached hydrogens (primary N) is 1. The number of nitrogen functional groups attached to an aromatic ring is 1. The van der Waals surface area contributed by atoms with Crippen molar-refractivity contribution in [2.75, 3.05) is 5.73 Å². The van der Waals surface area contributed by atoms with E-state index in [0.717, 1.165) is 9.79 Å². The lowest BCUT2D eigenvalue weighted by molar-refractivity contribution is 0.00656. The van der Waals surface area contributed by atoms with Crippen LogP contribution in [-0.4, -0.2) is 11.6 Å². The highest BCUT2D eigenvalue weighted by atomic mass is 32.2. The molecule has 0 heterocycles. The summed E-state index contributed by atoms with van der Waals surface area (Å²) in [6.45, 7) is 5.55. The summed E-state index contributed by atoms with van der Waals surface area (Å²) < 4.78 is 5.45. The molecule has 0 aromatic heterocycles. The average molecular weight is 301 g/mol. The number of benzene rings is 2. The van der Waals surface area contributed by atoms with Gasteiger partial charge >= 0.3 is 5.97 Å². The maximum Gasteiger partial charge on any atom is 0.339 e. The van der Waals surface area contributed by atoms with Crippen LogP contribution in [0.3, 0.4) is 0 Å². The van der Waals surface area contributed by atoms with Gasteiger partial charge in [0.2, 0.25) is 0 Å². The fourth-order valence-electron chi connectivity index (χ4n) is 1.74. The Morgan fingerprint density at radius 1 is 1.10 bits per heavy atom. The van der Waals surface area contributed by atoms with Crippen molar-refractivity contribution >= 4 is 23.4 Å². The molecular weight excluding hydrogens is 282 g/mol. The predicted molar refractivity (Wildman–Crippen MR) is 86.6 cm³/mol. The van der Waals surface area contributed by atoms with Crippen molar-refractivity contribution in [3.63, 3.8) is 0 Å². The van der Waals surface area contributed by atoms with E-state index in [-0.39, 0.29) is 5.97 Å². The second-order valence-corrected chi connectivity index (χ2v) is 6.79. The number of carbonyl (C=O) groups excluding carboxylic acids is 1. The topological polar surface area (TPSA) is 52.3 Å². The first-order chi connectivity index (χ1) is 9.85. The van der Waals surface area contributed by atoms with E-state index in [9.17, 15) is 4.79 Å². The SMILES string of the molecule is CC(C)(C)OC(=O)c1cc(N)ccc1Sc1ccccc1. The molecule has 110 valence electrons. The van der Waals surface area contributed by atoms with Gasteiger partial charge in [0.25, 0.3) is 0 Å². The molecule has 3 nitrogen and oxygen atoms in total. The van der Waals surface area contributed by atoms with E-state index in [1.165, 1.54) is 11.8 Å². The van der Waals surface area contributed by atoms with Crippen LogP contribution in [0.2, 0.25) is 0 Å². The van der Waals surface area contributed by atoms with Gasteiger partial charge in [0.1, 0.15) is 5.60 Å². The Labute approximate surface area is 129 Å². The van der Waals surface area contributed by atoms with Crippen molar-refractivity contribution < 1.29 is 9.53 Å². The quantitative estimate of drug-likeness (QED) is 0.675. The fourth-order valence-corrected chi connectivity index (χ4v) is 2.68. The summed E-state index contributed by atoms with van der Waals surface area (Å²) in [6, 6.07) is 15.2. The molecule has 2 N–H and O–H groups in total. The maximum absolute atomic E-state index is 12.3. The average Bonchev–Trinajstić information content (AvgIpc) is 2.40. The summed E-state index contributed by atoms with van der Waals surface area (Å²) in [7, 11) is 0. The van der Waals surface area contributed by atoms with E-state index in [1.807, 2.05) is 57.2 Å². The van der Waals surface area contributed by atoms with Gasteiger partial charge in [0, 0.05) is 15.5 Å². The minimum Gasteiger partial charge on any atom is -0.456 e. The molecule has 0 atom stereocenters. The lowest BCUT2D eigenvalue weighted by Crippen LogP contribution is -2.24. The summed E-state index contributed by atoms with van der Waals surface area (Å²) >= 11 is 1.52. The van der Waals surface area contributed by atoms with Gasteiger partial charge in [-0.15, -0.1) is 0 Å². The Morgan fingerprint density at radius 2 is 1.76 bits per heavy atom. The number of carbonyl (C=O) groups is 1. The van der Waals surface area contributed by atoms with Crippen LogP contribution in [0, 0.1) is 0 Å². The molecule has 2 rings (SSSR count). The van der Waals surface area contributed by atoms with Gasteiger partial charge in [0.15, 0.2) is 0 Å². The van der Waals surface area contributed by atoms with Crippen LogP contribution in [0.25, 0.3) is 0 Å². The van der Waals surface area contributed by atoms with E-state index in [0.29, 0.717) is 11.3 Å². The summed E-state index contributed by atoms with van der Waals surface area (Å²) in [5.41, 5.74) is 6.32. The highest BCUT2D eigenvalue weighted by molar-refractivity contribution is 7.99. The van der Waals surface area contributed by atoms with Gasteiger partial charge in [-0.3, -0.25) is 0 Å². The van der Waals surface area contributed by atoms with Crippen LogP contribution in [-0.2, 0) is 4.74 Å². The zero-order valence-electron chi connectivity index (χ0n) is 12.4. The minimum atomic E-state index is -0.531. The monoisotopic (exact) mass is 301 g/mol. The van der Waals surface area contributed by atoms with E-state index in [4.69, 9.17) is 10.5 Å². The van der Waals surface area contributed by atoms with Gasteiger partial charge in [0.05, 0.1) is 5.56 Å². The molecule has 0 spiro atoms. The van der Waals surface area contributed by atoms with Crippen molar-refractivity contribution in [1.82, 2.24) is 0 Å². The summed E-state index contributed by atoms with van der Waals surface area (Å²) in [4.78, 5) is 14.2. The largest absolute Gasteiger partial charge is 0.456 e. The van der Waals surface area contributed by atoms with Gasteiger partial charge in [-0.05, 0) is 51.1 Å². The number of anilines is 1. The Balaban J connectivity index is 2.32. The molecular formula is C17H19NO2S. The molecule has 0 radical (unpaired) electrons. The van der Waals surface area contributed by atoms with Gasteiger partial charge in [-0.25, -0.2) is 4.79 Å². The van der Waals surface area contributed by atoms with Crippen molar-refractivity contribution in [3.8, 4) is 0 Å². The second-order valence-electron chi connectivity index (χ2n) is 5.67. The molecule has 0 fully saturated rings. The lowest BCUT2D eigenvalue weighted by atomic mass is 10.1. The summed E-state index contributed by atoms with van der Waals surface area (Å²) in [5.74, 6) is -0.353. The fraction of sp³-hybridized carbons (Fsp3) is 0.235.